The van der Waals surface area contributed by atoms with E-state index in [2.05, 4.69) is 18.8 Å². The molecular weight excluding hydrogens is 280 g/mol. The maximum atomic E-state index is 12.1. The van der Waals surface area contributed by atoms with Crippen LogP contribution in [0.25, 0.3) is 0 Å². The first-order valence-corrected chi connectivity index (χ1v) is 8.05. The van der Waals surface area contributed by atoms with Crippen LogP contribution in [0.1, 0.15) is 26.7 Å². The van der Waals surface area contributed by atoms with Crippen LogP contribution in [0, 0.1) is 11.8 Å². The van der Waals surface area contributed by atoms with Gasteiger partial charge in [0, 0.05) is 31.2 Å². The predicted octanol–water partition coefficient (Wildman–Crippen LogP) is 2.12. The normalized spacial score (nSPS) is 22.9. The molecule has 2 fully saturated rings. The Morgan fingerprint density at radius 2 is 2.32 bits per heavy atom. The van der Waals surface area contributed by atoms with Gasteiger partial charge in [-0.05, 0) is 18.4 Å². The van der Waals surface area contributed by atoms with Crippen molar-refractivity contribution in [1.29, 1.82) is 0 Å². The molecule has 0 aliphatic carbocycles. The number of hydrogen-bond donors (Lipinski definition) is 0. The maximum absolute atomic E-state index is 12.1. The lowest BCUT2D eigenvalue weighted by molar-refractivity contribution is -0.167. The van der Waals surface area contributed by atoms with E-state index in [1.165, 1.54) is 0 Å². The molecular formula is C17H24N2O3. The molecule has 120 valence electrons. The second-order valence-electron chi connectivity index (χ2n) is 6.73. The summed E-state index contributed by atoms with van der Waals surface area (Å²) in [5, 5.41) is 0. The van der Waals surface area contributed by atoms with Crippen LogP contribution in [-0.4, -0.2) is 47.7 Å². The highest BCUT2D eigenvalue weighted by Crippen LogP contribution is 2.40. The molecule has 3 rings (SSSR count). The lowest BCUT2D eigenvalue weighted by atomic mass is 9.81. The fourth-order valence-electron chi connectivity index (χ4n) is 3.24. The molecule has 2 aliphatic rings. The third-order valence-electron chi connectivity index (χ3n) is 4.52. The number of ether oxygens (including phenoxy) is 2. The molecule has 22 heavy (non-hydrogen) atoms. The fraction of sp³-hybridized carbons (Fsp3) is 0.647. The molecule has 5 nitrogen and oxygen atoms in total. The van der Waals surface area contributed by atoms with Crippen molar-refractivity contribution >= 4 is 5.91 Å². The summed E-state index contributed by atoms with van der Waals surface area (Å²) in [5.41, 5.74) is -0.193. The highest BCUT2D eigenvalue weighted by molar-refractivity contribution is 5.77. The van der Waals surface area contributed by atoms with Crippen molar-refractivity contribution in [1.82, 2.24) is 9.88 Å². The second kappa shape index (κ2) is 6.24. The number of pyridine rings is 1. The topological polar surface area (TPSA) is 51.7 Å². The van der Waals surface area contributed by atoms with Crippen LogP contribution in [0.3, 0.4) is 0 Å². The third kappa shape index (κ3) is 3.09. The van der Waals surface area contributed by atoms with Gasteiger partial charge in [0.25, 0.3) is 0 Å². The number of amides is 1. The monoisotopic (exact) mass is 304 g/mol. The van der Waals surface area contributed by atoms with Gasteiger partial charge in [-0.15, -0.1) is 0 Å². The molecule has 1 amide bonds. The summed E-state index contributed by atoms with van der Waals surface area (Å²) in [4.78, 5) is 18.2. The highest BCUT2D eigenvalue weighted by atomic mass is 16.5. The van der Waals surface area contributed by atoms with E-state index in [9.17, 15) is 4.79 Å². The molecule has 3 heterocycles. The molecule has 2 aliphatic heterocycles. The van der Waals surface area contributed by atoms with E-state index in [1.54, 1.807) is 6.20 Å². The van der Waals surface area contributed by atoms with Gasteiger partial charge >= 0.3 is 0 Å². The molecule has 1 unspecified atom stereocenters. The van der Waals surface area contributed by atoms with Gasteiger partial charge in [-0.2, -0.15) is 0 Å². The lowest BCUT2D eigenvalue weighted by Gasteiger charge is -2.50. The standard InChI is InChI=1S/C17H24N2O3/c1-13(2)9-16(20)19-11-17(12-19)14(6-8-22-17)10-21-15-5-3-4-7-18-15/h3-5,7,13-14H,6,8-12H2,1-2H3. The van der Waals surface area contributed by atoms with Crippen LogP contribution >= 0.6 is 0 Å². The van der Waals surface area contributed by atoms with Gasteiger partial charge in [0.1, 0.15) is 5.60 Å². The zero-order chi connectivity index (χ0) is 15.6. The van der Waals surface area contributed by atoms with Gasteiger partial charge in [-0.1, -0.05) is 19.9 Å². The van der Waals surface area contributed by atoms with Gasteiger partial charge in [-0.3, -0.25) is 4.79 Å². The van der Waals surface area contributed by atoms with Gasteiger partial charge in [0.2, 0.25) is 11.8 Å². The van der Waals surface area contributed by atoms with E-state index in [4.69, 9.17) is 9.47 Å². The molecule has 1 atom stereocenters. The molecule has 0 aromatic carbocycles. The minimum Gasteiger partial charge on any atom is -0.477 e. The molecule has 1 aromatic heterocycles. The van der Waals surface area contributed by atoms with Crippen molar-refractivity contribution in [2.24, 2.45) is 11.8 Å². The predicted molar refractivity (Wildman–Crippen MR) is 82.6 cm³/mol. The van der Waals surface area contributed by atoms with Gasteiger partial charge in [0.05, 0.1) is 19.7 Å². The summed E-state index contributed by atoms with van der Waals surface area (Å²) in [7, 11) is 0. The van der Waals surface area contributed by atoms with Crippen molar-refractivity contribution in [2.45, 2.75) is 32.3 Å². The summed E-state index contributed by atoms with van der Waals surface area (Å²) in [6, 6.07) is 5.65. The Hall–Kier alpha value is -1.62. The zero-order valence-electron chi connectivity index (χ0n) is 13.3. The molecule has 2 saturated heterocycles. The molecule has 5 heteroatoms. The first-order chi connectivity index (χ1) is 10.6. The number of hydrogen-bond acceptors (Lipinski definition) is 4. The summed E-state index contributed by atoms with van der Waals surface area (Å²) >= 11 is 0. The fourth-order valence-corrected chi connectivity index (χ4v) is 3.24. The second-order valence-corrected chi connectivity index (χ2v) is 6.73. The quantitative estimate of drug-likeness (QED) is 0.836. The highest BCUT2D eigenvalue weighted by Gasteiger charge is 2.54. The number of rotatable bonds is 5. The molecule has 0 radical (unpaired) electrons. The summed E-state index contributed by atoms with van der Waals surface area (Å²) in [6.45, 7) is 6.90. The van der Waals surface area contributed by atoms with Crippen LogP contribution in [0.4, 0.5) is 0 Å². The first-order valence-electron chi connectivity index (χ1n) is 8.05. The Morgan fingerprint density at radius 1 is 1.50 bits per heavy atom. The van der Waals surface area contributed by atoms with E-state index in [0.717, 1.165) is 13.0 Å². The van der Waals surface area contributed by atoms with Gasteiger partial charge in [-0.25, -0.2) is 4.98 Å². The minimum absolute atomic E-state index is 0.193. The van der Waals surface area contributed by atoms with Crippen molar-refractivity contribution in [3.05, 3.63) is 24.4 Å². The lowest BCUT2D eigenvalue weighted by Crippen LogP contribution is -2.66. The Bertz CT molecular complexity index is 512. The number of carbonyl (C=O) groups is 1. The summed E-state index contributed by atoms with van der Waals surface area (Å²) in [5.74, 6) is 1.62. The molecule has 0 bridgehead atoms. The van der Waals surface area contributed by atoms with Crippen LogP contribution in [-0.2, 0) is 9.53 Å². The summed E-state index contributed by atoms with van der Waals surface area (Å²) in [6.07, 6.45) is 3.33. The smallest absolute Gasteiger partial charge is 0.223 e. The zero-order valence-corrected chi connectivity index (χ0v) is 13.3. The number of nitrogens with zero attached hydrogens (tertiary/aromatic N) is 2. The van der Waals surface area contributed by atoms with E-state index >= 15 is 0 Å². The van der Waals surface area contributed by atoms with Crippen molar-refractivity contribution in [3.8, 4) is 5.88 Å². The Balaban J connectivity index is 1.53. The molecule has 0 saturated carbocycles. The van der Waals surface area contributed by atoms with Crippen molar-refractivity contribution in [3.63, 3.8) is 0 Å². The van der Waals surface area contributed by atoms with Crippen molar-refractivity contribution in [2.75, 3.05) is 26.3 Å². The minimum atomic E-state index is -0.193. The van der Waals surface area contributed by atoms with Crippen molar-refractivity contribution < 1.29 is 14.3 Å². The van der Waals surface area contributed by atoms with E-state index in [-0.39, 0.29) is 11.5 Å². The van der Waals surface area contributed by atoms with Crippen LogP contribution < -0.4 is 4.74 Å². The Morgan fingerprint density at radius 3 is 3.00 bits per heavy atom. The largest absolute Gasteiger partial charge is 0.477 e. The number of carbonyl (C=O) groups excluding carboxylic acids is 1. The van der Waals surface area contributed by atoms with Crippen LogP contribution in [0.5, 0.6) is 5.88 Å². The van der Waals surface area contributed by atoms with E-state index in [1.807, 2.05) is 23.1 Å². The first kappa shape index (κ1) is 15.3. The molecule has 0 N–H and O–H groups in total. The Labute approximate surface area is 131 Å². The third-order valence-corrected chi connectivity index (χ3v) is 4.52. The summed E-state index contributed by atoms with van der Waals surface area (Å²) < 4.78 is 11.8. The van der Waals surface area contributed by atoms with Crippen LogP contribution in [0.15, 0.2) is 24.4 Å². The average Bonchev–Trinajstić information content (AvgIpc) is 2.87. The van der Waals surface area contributed by atoms with Crippen LogP contribution in [0.2, 0.25) is 0 Å². The van der Waals surface area contributed by atoms with Gasteiger partial charge < -0.3 is 14.4 Å². The van der Waals surface area contributed by atoms with Gasteiger partial charge in [0.15, 0.2) is 0 Å². The van der Waals surface area contributed by atoms with E-state index in [0.29, 0.717) is 43.8 Å². The molecule has 1 aromatic rings. The average molecular weight is 304 g/mol. The van der Waals surface area contributed by atoms with E-state index < -0.39 is 0 Å². The molecule has 1 spiro atoms. The number of likely N-dealkylation sites (tertiary alicyclic amines) is 1. The number of aromatic nitrogens is 1. The SMILES string of the molecule is CC(C)CC(=O)N1CC2(C1)OCCC2COc1ccccn1. The Kier molecular flexibility index (Phi) is 4.34. The maximum Gasteiger partial charge on any atom is 0.223 e.